The van der Waals surface area contributed by atoms with Crippen LogP contribution in [0.1, 0.15) is 49.3 Å². The predicted octanol–water partition coefficient (Wildman–Crippen LogP) is 5.32. The lowest BCUT2D eigenvalue weighted by molar-refractivity contribution is -0.140. The van der Waals surface area contributed by atoms with Crippen molar-refractivity contribution in [3.8, 4) is 0 Å². The number of hydrogen-bond acceptors (Lipinski definition) is 2. The molecule has 3 rings (SSSR count). The average molecular weight is 447 g/mol. The first-order valence-electron chi connectivity index (χ1n) is 10.4. The molecule has 0 unspecified atom stereocenters. The Balaban J connectivity index is 1.79. The molecule has 0 aliphatic heterocycles. The summed E-state index contributed by atoms with van der Waals surface area (Å²) in [4.78, 5) is 27.8. The van der Waals surface area contributed by atoms with Gasteiger partial charge in [-0.25, -0.2) is 0 Å². The molecule has 2 aromatic carbocycles. The molecule has 1 fully saturated rings. The highest BCUT2D eigenvalue weighted by molar-refractivity contribution is 6.35. The molecule has 0 spiro atoms. The van der Waals surface area contributed by atoms with Crippen LogP contribution in [0, 0.1) is 6.92 Å². The SMILES string of the molecule is Cc1cccc(CN(C(=O)Cc2ccc(Cl)cc2Cl)[C@@H](C)C(=O)NC2CCCC2)c1. The number of aryl methyl sites for hydroxylation is 1. The van der Waals surface area contributed by atoms with Crippen molar-refractivity contribution in [1.29, 1.82) is 0 Å². The molecule has 6 heteroatoms. The molecule has 4 nitrogen and oxygen atoms in total. The van der Waals surface area contributed by atoms with Crippen molar-refractivity contribution < 1.29 is 9.59 Å². The van der Waals surface area contributed by atoms with E-state index in [0.29, 0.717) is 22.2 Å². The second-order valence-electron chi connectivity index (χ2n) is 8.09. The normalized spacial score (nSPS) is 15.1. The third-order valence-electron chi connectivity index (χ3n) is 5.66. The van der Waals surface area contributed by atoms with Crippen molar-refractivity contribution in [1.82, 2.24) is 10.2 Å². The van der Waals surface area contributed by atoms with E-state index in [1.54, 1.807) is 30.0 Å². The van der Waals surface area contributed by atoms with Crippen LogP contribution in [0.3, 0.4) is 0 Å². The van der Waals surface area contributed by atoms with Crippen LogP contribution in [0.15, 0.2) is 42.5 Å². The lowest BCUT2D eigenvalue weighted by atomic mass is 10.1. The number of rotatable bonds is 7. The lowest BCUT2D eigenvalue weighted by Crippen LogP contribution is -2.50. The van der Waals surface area contributed by atoms with Gasteiger partial charge in [-0.2, -0.15) is 0 Å². The molecule has 1 saturated carbocycles. The van der Waals surface area contributed by atoms with Gasteiger partial charge in [0.05, 0.1) is 6.42 Å². The molecule has 0 bridgehead atoms. The fourth-order valence-electron chi connectivity index (χ4n) is 3.91. The summed E-state index contributed by atoms with van der Waals surface area (Å²) in [6.07, 6.45) is 4.40. The van der Waals surface area contributed by atoms with Gasteiger partial charge in [-0.05, 0) is 49.9 Å². The van der Waals surface area contributed by atoms with E-state index in [0.717, 1.165) is 36.8 Å². The Hall–Kier alpha value is -2.04. The van der Waals surface area contributed by atoms with Gasteiger partial charge in [-0.1, -0.05) is 71.9 Å². The predicted molar refractivity (Wildman–Crippen MR) is 122 cm³/mol. The molecular formula is C24H28Cl2N2O2. The highest BCUT2D eigenvalue weighted by Crippen LogP contribution is 2.23. The van der Waals surface area contributed by atoms with E-state index in [-0.39, 0.29) is 24.3 Å². The Morgan fingerprint density at radius 2 is 1.87 bits per heavy atom. The zero-order valence-corrected chi connectivity index (χ0v) is 19.0. The Kier molecular flexibility index (Phi) is 7.79. The van der Waals surface area contributed by atoms with Crippen LogP contribution < -0.4 is 5.32 Å². The number of carbonyl (C=O) groups excluding carboxylic acids is 2. The maximum Gasteiger partial charge on any atom is 0.242 e. The molecule has 0 saturated heterocycles. The molecule has 1 N–H and O–H groups in total. The summed E-state index contributed by atoms with van der Waals surface area (Å²) < 4.78 is 0. The summed E-state index contributed by atoms with van der Waals surface area (Å²) in [5.74, 6) is -0.250. The zero-order valence-electron chi connectivity index (χ0n) is 17.5. The van der Waals surface area contributed by atoms with E-state index >= 15 is 0 Å². The van der Waals surface area contributed by atoms with Crippen LogP contribution in [0.2, 0.25) is 10.0 Å². The molecule has 160 valence electrons. The number of carbonyl (C=O) groups is 2. The Morgan fingerprint density at radius 1 is 1.13 bits per heavy atom. The lowest BCUT2D eigenvalue weighted by Gasteiger charge is -2.30. The minimum absolute atomic E-state index is 0.106. The second kappa shape index (κ2) is 10.3. The largest absolute Gasteiger partial charge is 0.352 e. The van der Waals surface area contributed by atoms with Gasteiger partial charge in [0.1, 0.15) is 6.04 Å². The molecule has 2 amide bonds. The molecule has 1 aliphatic carbocycles. The standard InChI is InChI=1S/C24H28Cl2N2O2/c1-16-6-5-7-18(12-16)15-28(17(2)24(30)27-21-8-3-4-9-21)23(29)13-19-10-11-20(25)14-22(19)26/h5-7,10-12,14,17,21H,3-4,8-9,13,15H2,1-2H3,(H,27,30)/t17-/m0/s1. The molecular weight excluding hydrogens is 419 g/mol. The molecule has 0 radical (unpaired) electrons. The maximum absolute atomic E-state index is 13.3. The Labute approximate surface area is 188 Å². The van der Waals surface area contributed by atoms with Gasteiger partial charge in [0, 0.05) is 22.6 Å². The van der Waals surface area contributed by atoms with Crippen molar-refractivity contribution in [2.45, 2.75) is 64.6 Å². The fourth-order valence-corrected chi connectivity index (χ4v) is 4.39. The number of halogens is 2. The van der Waals surface area contributed by atoms with E-state index in [1.807, 2.05) is 31.2 Å². The maximum atomic E-state index is 13.3. The molecule has 2 aromatic rings. The van der Waals surface area contributed by atoms with Crippen molar-refractivity contribution in [2.75, 3.05) is 0 Å². The number of benzene rings is 2. The molecule has 1 aliphatic rings. The fraction of sp³-hybridized carbons (Fsp3) is 0.417. The summed E-state index contributed by atoms with van der Waals surface area (Å²) in [6, 6.07) is 12.7. The third kappa shape index (κ3) is 5.99. The molecule has 30 heavy (non-hydrogen) atoms. The summed E-state index contributed by atoms with van der Waals surface area (Å²) >= 11 is 12.3. The van der Waals surface area contributed by atoms with Gasteiger partial charge in [0.2, 0.25) is 11.8 Å². The summed E-state index contributed by atoms with van der Waals surface area (Å²) in [5.41, 5.74) is 2.80. The van der Waals surface area contributed by atoms with E-state index in [2.05, 4.69) is 5.32 Å². The minimum Gasteiger partial charge on any atom is -0.352 e. The van der Waals surface area contributed by atoms with Gasteiger partial charge in [0.15, 0.2) is 0 Å². The van der Waals surface area contributed by atoms with Gasteiger partial charge >= 0.3 is 0 Å². The van der Waals surface area contributed by atoms with E-state index in [1.165, 1.54) is 0 Å². The van der Waals surface area contributed by atoms with Crippen LogP contribution in [0.5, 0.6) is 0 Å². The summed E-state index contributed by atoms with van der Waals surface area (Å²) in [7, 11) is 0. The number of nitrogens with one attached hydrogen (secondary N) is 1. The first-order valence-corrected chi connectivity index (χ1v) is 11.2. The molecule has 0 aromatic heterocycles. The van der Waals surface area contributed by atoms with Gasteiger partial charge < -0.3 is 10.2 Å². The van der Waals surface area contributed by atoms with Gasteiger partial charge in [0.25, 0.3) is 0 Å². The molecule has 1 atom stereocenters. The van der Waals surface area contributed by atoms with Crippen molar-refractivity contribution in [2.24, 2.45) is 0 Å². The van der Waals surface area contributed by atoms with Crippen LogP contribution in [-0.4, -0.2) is 28.8 Å². The van der Waals surface area contributed by atoms with Crippen molar-refractivity contribution in [3.05, 3.63) is 69.2 Å². The van der Waals surface area contributed by atoms with Gasteiger partial charge in [-0.3, -0.25) is 9.59 Å². The Bertz CT molecular complexity index is 910. The van der Waals surface area contributed by atoms with Crippen LogP contribution in [0.25, 0.3) is 0 Å². The van der Waals surface area contributed by atoms with Crippen molar-refractivity contribution in [3.63, 3.8) is 0 Å². The smallest absolute Gasteiger partial charge is 0.242 e. The van der Waals surface area contributed by atoms with Crippen molar-refractivity contribution >= 4 is 35.0 Å². The van der Waals surface area contributed by atoms with E-state index < -0.39 is 6.04 Å². The topological polar surface area (TPSA) is 49.4 Å². The molecule has 0 heterocycles. The van der Waals surface area contributed by atoms with Crippen LogP contribution >= 0.6 is 23.2 Å². The third-order valence-corrected chi connectivity index (χ3v) is 6.25. The quantitative estimate of drug-likeness (QED) is 0.625. The number of amides is 2. The monoisotopic (exact) mass is 446 g/mol. The summed E-state index contributed by atoms with van der Waals surface area (Å²) in [5, 5.41) is 4.10. The van der Waals surface area contributed by atoms with Crippen LogP contribution in [-0.2, 0) is 22.6 Å². The zero-order chi connectivity index (χ0) is 21.7. The number of nitrogens with zero attached hydrogens (tertiary/aromatic N) is 1. The highest BCUT2D eigenvalue weighted by Gasteiger charge is 2.28. The van der Waals surface area contributed by atoms with Gasteiger partial charge in [-0.15, -0.1) is 0 Å². The second-order valence-corrected chi connectivity index (χ2v) is 8.93. The highest BCUT2D eigenvalue weighted by atomic mass is 35.5. The van der Waals surface area contributed by atoms with E-state index in [4.69, 9.17) is 23.2 Å². The summed E-state index contributed by atoms with van der Waals surface area (Å²) in [6.45, 7) is 4.17. The first kappa shape index (κ1) is 22.6. The van der Waals surface area contributed by atoms with Crippen LogP contribution in [0.4, 0.5) is 0 Å². The van der Waals surface area contributed by atoms with E-state index in [9.17, 15) is 9.59 Å². The first-order chi connectivity index (χ1) is 14.3. The number of hydrogen-bond donors (Lipinski definition) is 1. The average Bonchev–Trinajstić information content (AvgIpc) is 3.20. The minimum atomic E-state index is -0.579. The Morgan fingerprint density at radius 3 is 2.53 bits per heavy atom.